The minimum atomic E-state index is -1.11. The van der Waals surface area contributed by atoms with Gasteiger partial charge in [0.25, 0.3) is 5.91 Å². The maximum Gasteiger partial charge on any atom is 0.325 e. The van der Waals surface area contributed by atoms with Crippen LogP contribution < -0.4 is 10.6 Å². The fourth-order valence-corrected chi connectivity index (χ4v) is 3.76. The Bertz CT molecular complexity index is 945. The van der Waals surface area contributed by atoms with E-state index in [1.165, 1.54) is 18.3 Å². The Morgan fingerprint density at radius 3 is 2.89 bits per heavy atom. The van der Waals surface area contributed by atoms with Gasteiger partial charge < -0.3 is 15.7 Å². The fourth-order valence-electron chi connectivity index (χ4n) is 3.76. The average Bonchev–Trinajstić information content (AvgIpc) is 2.89. The number of hydrogen-bond donors (Lipinski definition) is 3. The van der Waals surface area contributed by atoms with E-state index >= 15 is 0 Å². The molecule has 1 aliphatic carbocycles. The Kier molecular flexibility index (Phi) is 4.02. The quantitative estimate of drug-likeness (QED) is 0.713. The standard InChI is InChI=1S/C19H18N4O4/c24-14-8-4-10-20-16(14)21-15(25)11-23-17(26)19(22-18(23)27)9-3-6-12-5-1-2-7-13(12)19/h1-2,4-5,7-8,10,24H,3,6,9,11H2,(H,22,27)(H,20,21,25). The van der Waals surface area contributed by atoms with Crippen LogP contribution in [0, 0.1) is 0 Å². The highest BCUT2D eigenvalue weighted by Gasteiger charge is 2.54. The number of carbonyl (C=O) groups is 3. The zero-order valence-electron chi connectivity index (χ0n) is 14.4. The SMILES string of the molecule is O=C(CN1C(=O)NC2(CCCc3ccccc32)C1=O)Nc1ncccc1O. The Hall–Kier alpha value is -3.42. The van der Waals surface area contributed by atoms with Gasteiger partial charge in [0.15, 0.2) is 11.6 Å². The molecule has 1 fully saturated rings. The number of aromatic nitrogens is 1. The van der Waals surface area contributed by atoms with Gasteiger partial charge in [-0.25, -0.2) is 9.78 Å². The summed E-state index contributed by atoms with van der Waals surface area (Å²) in [6.45, 7) is -0.454. The number of fused-ring (bicyclic) bond motifs is 2. The summed E-state index contributed by atoms with van der Waals surface area (Å²) in [5.41, 5.74) is 0.710. The molecule has 27 heavy (non-hydrogen) atoms. The summed E-state index contributed by atoms with van der Waals surface area (Å²) in [6, 6.07) is 9.85. The van der Waals surface area contributed by atoms with Gasteiger partial charge in [-0.1, -0.05) is 24.3 Å². The first-order valence-corrected chi connectivity index (χ1v) is 8.67. The predicted molar refractivity (Wildman–Crippen MR) is 95.8 cm³/mol. The summed E-state index contributed by atoms with van der Waals surface area (Å²) in [7, 11) is 0. The second kappa shape index (κ2) is 6.39. The van der Waals surface area contributed by atoms with Crippen LogP contribution in [0.2, 0.25) is 0 Å². The Morgan fingerprint density at radius 1 is 1.26 bits per heavy atom. The molecule has 1 spiro atoms. The first kappa shape index (κ1) is 17.0. The van der Waals surface area contributed by atoms with Crippen molar-refractivity contribution in [1.82, 2.24) is 15.2 Å². The van der Waals surface area contributed by atoms with Crippen molar-refractivity contribution in [2.24, 2.45) is 0 Å². The summed E-state index contributed by atoms with van der Waals surface area (Å²) < 4.78 is 0. The summed E-state index contributed by atoms with van der Waals surface area (Å²) >= 11 is 0. The number of carbonyl (C=O) groups excluding carboxylic acids is 3. The molecule has 1 aliphatic heterocycles. The minimum Gasteiger partial charge on any atom is -0.504 e. The van der Waals surface area contributed by atoms with Gasteiger partial charge in [-0.05, 0) is 42.5 Å². The molecule has 138 valence electrons. The maximum atomic E-state index is 13.1. The van der Waals surface area contributed by atoms with Crippen LogP contribution in [-0.4, -0.2) is 39.4 Å². The number of amides is 4. The van der Waals surface area contributed by atoms with Crippen LogP contribution in [0.25, 0.3) is 0 Å². The molecule has 1 saturated heterocycles. The van der Waals surface area contributed by atoms with E-state index in [-0.39, 0.29) is 11.6 Å². The zero-order valence-corrected chi connectivity index (χ0v) is 14.4. The molecule has 0 saturated carbocycles. The third-order valence-electron chi connectivity index (χ3n) is 5.00. The predicted octanol–water partition coefficient (Wildman–Crippen LogP) is 1.51. The largest absolute Gasteiger partial charge is 0.504 e. The second-order valence-electron chi connectivity index (χ2n) is 6.66. The number of nitrogens with one attached hydrogen (secondary N) is 2. The Labute approximate surface area is 155 Å². The molecule has 0 radical (unpaired) electrons. The van der Waals surface area contributed by atoms with Crippen molar-refractivity contribution in [1.29, 1.82) is 0 Å². The van der Waals surface area contributed by atoms with Gasteiger partial charge in [-0.3, -0.25) is 14.5 Å². The number of anilines is 1. The molecule has 2 aliphatic rings. The molecule has 1 unspecified atom stereocenters. The van der Waals surface area contributed by atoms with Crippen LogP contribution in [0.4, 0.5) is 10.6 Å². The van der Waals surface area contributed by atoms with Gasteiger partial charge >= 0.3 is 6.03 Å². The number of hydrogen-bond acceptors (Lipinski definition) is 5. The van der Waals surface area contributed by atoms with Gasteiger partial charge in [-0.2, -0.15) is 0 Å². The number of nitrogens with zero attached hydrogens (tertiary/aromatic N) is 2. The number of benzene rings is 1. The van der Waals surface area contributed by atoms with Crippen molar-refractivity contribution < 1.29 is 19.5 Å². The normalized spacial score (nSPS) is 21.1. The van der Waals surface area contributed by atoms with Crippen molar-refractivity contribution in [3.05, 3.63) is 53.7 Å². The number of imide groups is 1. The Balaban J connectivity index is 1.56. The van der Waals surface area contributed by atoms with Crippen LogP contribution in [0.5, 0.6) is 5.75 Å². The van der Waals surface area contributed by atoms with Crippen molar-refractivity contribution in [2.75, 3.05) is 11.9 Å². The van der Waals surface area contributed by atoms with E-state index in [4.69, 9.17) is 0 Å². The summed E-state index contributed by atoms with van der Waals surface area (Å²) in [5.74, 6) is -1.26. The highest BCUT2D eigenvalue weighted by molar-refractivity contribution is 6.10. The Morgan fingerprint density at radius 2 is 2.07 bits per heavy atom. The van der Waals surface area contributed by atoms with E-state index in [9.17, 15) is 19.5 Å². The van der Waals surface area contributed by atoms with Gasteiger partial charge in [0, 0.05) is 6.20 Å². The first-order chi connectivity index (χ1) is 13.0. The number of pyridine rings is 1. The topological polar surface area (TPSA) is 112 Å². The average molecular weight is 366 g/mol. The molecule has 1 atom stereocenters. The van der Waals surface area contributed by atoms with Gasteiger partial charge in [0.2, 0.25) is 5.91 Å². The molecule has 2 heterocycles. The maximum absolute atomic E-state index is 13.1. The molecule has 2 aromatic rings. The van der Waals surface area contributed by atoms with Crippen LogP contribution in [-0.2, 0) is 21.5 Å². The van der Waals surface area contributed by atoms with Gasteiger partial charge in [0.1, 0.15) is 12.1 Å². The third kappa shape index (κ3) is 2.79. The molecule has 4 amide bonds. The third-order valence-corrected chi connectivity index (χ3v) is 5.00. The molecule has 3 N–H and O–H groups in total. The lowest BCUT2D eigenvalue weighted by atomic mass is 9.76. The second-order valence-corrected chi connectivity index (χ2v) is 6.66. The summed E-state index contributed by atoms with van der Waals surface area (Å²) in [4.78, 5) is 42.6. The van der Waals surface area contributed by atoms with Crippen molar-refractivity contribution in [3.63, 3.8) is 0 Å². The van der Waals surface area contributed by atoms with E-state index in [0.717, 1.165) is 28.9 Å². The number of rotatable bonds is 3. The van der Waals surface area contributed by atoms with Crippen LogP contribution >= 0.6 is 0 Å². The summed E-state index contributed by atoms with van der Waals surface area (Å²) in [5, 5.41) is 14.9. The van der Waals surface area contributed by atoms with E-state index < -0.39 is 29.9 Å². The van der Waals surface area contributed by atoms with Crippen LogP contribution in [0.15, 0.2) is 42.6 Å². The lowest BCUT2D eigenvalue weighted by Gasteiger charge is -2.33. The minimum absolute atomic E-state index is 0.0210. The molecular weight excluding hydrogens is 348 g/mol. The van der Waals surface area contributed by atoms with Crippen molar-refractivity contribution >= 4 is 23.7 Å². The first-order valence-electron chi connectivity index (χ1n) is 8.67. The van der Waals surface area contributed by atoms with Crippen LogP contribution in [0.3, 0.4) is 0 Å². The van der Waals surface area contributed by atoms with Gasteiger partial charge in [-0.15, -0.1) is 0 Å². The van der Waals surface area contributed by atoms with E-state index in [1.807, 2.05) is 24.3 Å². The fraction of sp³-hybridized carbons (Fsp3) is 0.263. The number of aromatic hydroxyl groups is 1. The van der Waals surface area contributed by atoms with E-state index in [2.05, 4.69) is 15.6 Å². The molecule has 1 aromatic heterocycles. The summed E-state index contributed by atoms with van der Waals surface area (Å²) in [6.07, 6.45) is 3.52. The van der Waals surface area contributed by atoms with Gasteiger partial charge in [0.05, 0.1) is 0 Å². The highest BCUT2D eigenvalue weighted by Crippen LogP contribution is 2.39. The molecule has 8 heteroatoms. The number of aryl methyl sites for hydroxylation is 1. The lowest BCUT2D eigenvalue weighted by molar-refractivity contribution is -0.134. The monoisotopic (exact) mass is 366 g/mol. The van der Waals surface area contributed by atoms with Crippen molar-refractivity contribution in [2.45, 2.75) is 24.8 Å². The molecule has 4 rings (SSSR count). The van der Waals surface area contributed by atoms with E-state index in [0.29, 0.717) is 6.42 Å². The van der Waals surface area contributed by atoms with Crippen LogP contribution in [0.1, 0.15) is 24.0 Å². The molecule has 0 bridgehead atoms. The zero-order chi connectivity index (χ0) is 19.0. The molecule has 8 nitrogen and oxygen atoms in total. The van der Waals surface area contributed by atoms with Crippen molar-refractivity contribution in [3.8, 4) is 5.75 Å². The smallest absolute Gasteiger partial charge is 0.325 e. The molecule has 1 aromatic carbocycles. The van der Waals surface area contributed by atoms with E-state index in [1.54, 1.807) is 0 Å². The number of urea groups is 1. The lowest BCUT2D eigenvalue weighted by Crippen LogP contribution is -2.47. The highest BCUT2D eigenvalue weighted by atomic mass is 16.3. The molecular formula is C19H18N4O4.